The van der Waals surface area contributed by atoms with Crippen molar-refractivity contribution in [3.63, 3.8) is 0 Å². The Morgan fingerprint density at radius 3 is 1.41 bits per heavy atom. The van der Waals surface area contributed by atoms with Crippen LogP contribution in [0.5, 0.6) is 0 Å². The number of benzene rings is 4. The number of halogens is 2. The van der Waals surface area contributed by atoms with Gasteiger partial charge in [0.15, 0.2) is 11.2 Å². The number of anilines is 2. The predicted molar refractivity (Wildman–Crippen MR) is 454 cm³/mol. The van der Waals surface area contributed by atoms with Crippen molar-refractivity contribution in [3.8, 4) is 22.8 Å². The first-order chi connectivity index (χ1) is 60.7. The zero-order chi connectivity index (χ0) is 92.2. The molecule has 0 saturated heterocycles. The summed E-state index contributed by atoms with van der Waals surface area (Å²) in [6, 6.07) is 12.1. The third-order valence-electron chi connectivity index (χ3n) is 24.3. The fourth-order valence-corrected chi connectivity index (χ4v) is 18.4. The lowest BCUT2D eigenvalue weighted by molar-refractivity contribution is -0.172. The van der Waals surface area contributed by atoms with Crippen molar-refractivity contribution in [3.05, 3.63) is 183 Å². The highest BCUT2D eigenvalue weighted by Gasteiger charge is 2.49. The van der Waals surface area contributed by atoms with E-state index in [0.717, 1.165) is 6.92 Å². The number of aromatic nitrogens is 4. The molecule has 128 heavy (non-hydrogen) atoms. The maximum absolute atomic E-state index is 15.5. The summed E-state index contributed by atoms with van der Waals surface area (Å²) in [6.45, 7) is 13.3. The molecule has 0 saturated carbocycles. The molecule has 14 rings (SSSR count). The fourth-order valence-electron chi connectivity index (χ4n) is 17.3. The van der Waals surface area contributed by atoms with Crippen LogP contribution in [-0.4, -0.2) is 164 Å². The first-order valence-corrected chi connectivity index (χ1v) is 43.3. The van der Waals surface area contributed by atoms with Crippen LogP contribution in [-0.2, 0) is 136 Å². The Morgan fingerprint density at radius 1 is 0.570 bits per heavy atom. The summed E-state index contributed by atoms with van der Waals surface area (Å²) in [5.74, 6) is -7.69. The van der Waals surface area contributed by atoms with Gasteiger partial charge in [-0.15, -0.1) is 0 Å². The number of alkyl carbamates (subject to hydrolysis) is 3. The largest absolute Gasteiger partial charge is 0.458 e. The molecule has 6 aliphatic rings. The quantitative estimate of drug-likeness (QED) is 0.0137. The first kappa shape index (κ1) is 91.5. The summed E-state index contributed by atoms with van der Waals surface area (Å²) >= 11 is 0. The van der Waals surface area contributed by atoms with E-state index in [0.29, 0.717) is 142 Å². The van der Waals surface area contributed by atoms with Gasteiger partial charge in [0.25, 0.3) is 11.1 Å². The summed E-state index contributed by atoms with van der Waals surface area (Å²) in [6.07, 6.45) is -3.39. The molecule has 8 heterocycles. The Balaban J connectivity index is 0.511. The zero-order valence-corrected chi connectivity index (χ0v) is 72.7. The van der Waals surface area contributed by atoms with E-state index in [1.165, 1.54) is 47.2 Å². The number of nitrogens with zero attached hydrogens (tertiary/aromatic N) is 5. The van der Waals surface area contributed by atoms with Crippen LogP contribution < -0.4 is 58.4 Å². The van der Waals surface area contributed by atoms with Crippen LogP contribution in [0, 0.1) is 37.3 Å². The molecule has 0 bridgehead atoms. The number of aliphatic hydroxyl groups is 3. The van der Waals surface area contributed by atoms with Gasteiger partial charge < -0.3 is 90.1 Å². The van der Waals surface area contributed by atoms with Crippen molar-refractivity contribution in [2.45, 2.75) is 208 Å². The summed E-state index contributed by atoms with van der Waals surface area (Å²) in [5, 5.41) is 56.6. The summed E-state index contributed by atoms with van der Waals surface area (Å²) in [5.41, 5.74) is 3.58. The van der Waals surface area contributed by atoms with Crippen LogP contribution >= 0.6 is 0 Å². The van der Waals surface area contributed by atoms with Gasteiger partial charge in [-0.05, 0) is 159 Å². The second-order valence-corrected chi connectivity index (χ2v) is 34.9. The average molecular weight is 1790 g/mol. The molecule has 0 radical (unpaired) electrons. The van der Waals surface area contributed by atoms with Crippen LogP contribution in [0.2, 0.25) is 0 Å². The number of hydrogen-bond donors (Lipinski definition) is 12. The normalized spacial score (nSPS) is 18.6. The van der Waals surface area contributed by atoms with E-state index in [1.807, 2.05) is 0 Å². The standard InChI is InChI=1S/C88H98F2N14O23S/c1-12-87(118)57-30-65-73-53(34-103(65)79(110)55(57)38-124-81(87)112)69-61(24-22-51-42(7)59(89)32-63(95-73)67(51)69)97-83(114)126-36-47-14-18-49(19-15-47)93-75(106)44(9)91-77(108)71(40(3)4)99-85(116)122-28-26-102(128(120,121)101-46(11)105)27-29-123-86(117)100-72(41(5)6)78(109)92-45(10)76(107)94-50-20-16-48(17-21-50)37-127-84(115)98-62-25-23-52-43(8)60(90)33-64-68(52)70(62)54-35-104-66(74(54)96-64)31-58-56(80(104)111)39-125-82(113)88(58,119)13-2/h14-21,30-33,40-41,44-45,61-62,71-72,85,99,116,118-119H,12-13,22-29,34-39H2,1-11H3,(H,91,108)(H,92,109)(H,93,106)(H,94,107)(H,97,114)(H,98,115)(H,100,117)(H,101,105)/t44-,45-,61-,62-,71-,72-,85?,87-,88-/m0/s1. The van der Waals surface area contributed by atoms with Crippen LogP contribution in [0.3, 0.4) is 0 Å². The van der Waals surface area contributed by atoms with Gasteiger partial charge in [0, 0.05) is 76.5 Å². The third kappa shape index (κ3) is 17.9. The molecule has 4 aromatic heterocycles. The molecule has 9 atom stereocenters. The Bertz CT molecular complexity index is 6170. The second kappa shape index (κ2) is 36.6. The molecule has 4 aromatic carbocycles. The third-order valence-corrected chi connectivity index (χ3v) is 25.9. The maximum atomic E-state index is 15.5. The van der Waals surface area contributed by atoms with E-state index < -0.39 is 185 Å². The molecular formula is C88H98F2N14O23S. The summed E-state index contributed by atoms with van der Waals surface area (Å²) < 4.78 is 95.8. The van der Waals surface area contributed by atoms with Crippen LogP contribution in [0.1, 0.15) is 178 Å². The number of ether oxygens (including phenoxy) is 6. The van der Waals surface area contributed by atoms with Crippen molar-refractivity contribution >= 4 is 103 Å². The molecule has 0 spiro atoms. The SMILES string of the molecule is CC[C@@]1(O)C(=O)OCc2c1cc1n(c2=O)Cc2c-1nc1cc(F)c(C)c3c1c2[C@@H](NC(=O)OCc1ccc(NC(=O)[C@H](C)NC(=O)[C@@H](NC(=O)OCCN(CCOC(O)N[C@H](C(=O)N[C@@H](C)C(=O)Nc2ccc(COC(=O)N[C@H]4CCc5c(C)c(F)cc6nc7c(c4c56)Cn4c-7cc5c(c4=O)COC(=O)[C@]5(O)CC)cc2)C(C)C)S(=O)(=O)NC(C)=O)C(C)C)cc1)CC3. The van der Waals surface area contributed by atoms with E-state index in [4.69, 9.17) is 38.4 Å². The average Bonchev–Trinajstić information content (AvgIpc) is 1.29. The first-order valence-electron chi connectivity index (χ1n) is 41.9. The highest BCUT2D eigenvalue weighted by atomic mass is 32.2. The highest BCUT2D eigenvalue weighted by molar-refractivity contribution is 7.87. The second-order valence-electron chi connectivity index (χ2n) is 33.3. The minimum absolute atomic E-state index is 0.0285. The molecule has 678 valence electrons. The van der Waals surface area contributed by atoms with E-state index in [2.05, 4.69) is 42.5 Å². The van der Waals surface area contributed by atoms with Crippen LogP contribution in [0.4, 0.5) is 34.5 Å². The lowest BCUT2D eigenvalue weighted by Crippen LogP contribution is -2.55. The number of rotatable bonds is 30. The molecule has 40 heteroatoms. The van der Waals surface area contributed by atoms with Crippen molar-refractivity contribution in [2.75, 3.05) is 36.9 Å². The number of aliphatic hydroxyl groups excluding tert-OH is 1. The molecule has 37 nitrogen and oxygen atoms in total. The van der Waals surface area contributed by atoms with Gasteiger partial charge in [0.2, 0.25) is 35.9 Å². The maximum Gasteiger partial charge on any atom is 0.407 e. The molecule has 2 aliphatic carbocycles. The lowest BCUT2D eigenvalue weighted by Gasteiger charge is -2.31. The monoisotopic (exact) mass is 1790 g/mol. The highest BCUT2D eigenvalue weighted by Crippen LogP contribution is 2.49. The number of esters is 2. The number of fused-ring (bicyclic) bond motifs is 10. The van der Waals surface area contributed by atoms with Crippen molar-refractivity contribution < 1.29 is 109 Å². The number of pyridine rings is 4. The number of nitrogens with one attached hydrogen (secondary N) is 9. The van der Waals surface area contributed by atoms with Gasteiger partial charge in [-0.2, -0.15) is 12.7 Å². The molecule has 12 N–H and O–H groups in total. The summed E-state index contributed by atoms with van der Waals surface area (Å²) in [7, 11) is -4.65. The van der Waals surface area contributed by atoms with Crippen LogP contribution in [0.15, 0.2) is 82.4 Å². The molecule has 4 aliphatic heterocycles. The number of carbonyl (C=O) groups excluding carboxylic acids is 10. The number of aryl methyl sites for hydroxylation is 2. The van der Waals surface area contributed by atoms with Gasteiger partial charge in [0.05, 0.1) is 82.8 Å². The van der Waals surface area contributed by atoms with E-state index in [-0.39, 0.29) is 74.6 Å². The van der Waals surface area contributed by atoms with E-state index >= 15 is 8.78 Å². The van der Waals surface area contributed by atoms with Crippen molar-refractivity contribution in [2.24, 2.45) is 11.8 Å². The van der Waals surface area contributed by atoms with Gasteiger partial charge >= 0.3 is 40.4 Å². The van der Waals surface area contributed by atoms with Gasteiger partial charge in [-0.3, -0.25) is 38.9 Å². The predicted octanol–water partition coefficient (Wildman–Crippen LogP) is 6.12. The Hall–Kier alpha value is -12.7. The van der Waals surface area contributed by atoms with Gasteiger partial charge in [-0.25, -0.2) is 47.4 Å². The van der Waals surface area contributed by atoms with E-state index in [9.17, 15) is 81.3 Å². The Kier molecular flexibility index (Phi) is 26.1. The molecule has 8 amide bonds. The molecule has 1 unspecified atom stereocenters. The molecular weight excluding hydrogens is 1690 g/mol. The van der Waals surface area contributed by atoms with E-state index in [1.54, 1.807) is 109 Å². The number of carbonyl (C=O) groups is 10. The van der Waals surface area contributed by atoms with Crippen LogP contribution in [0.25, 0.3) is 44.6 Å². The molecule has 8 aromatic rings. The van der Waals surface area contributed by atoms with Crippen molar-refractivity contribution in [1.82, 2.24) is 60.0 Å². The number of hydrogen-bond acceptors (Lipinski definition) is 26. The topological polar surface area (TPSA) is 502 Å². The van der Waals surface area contributed by atoms with Crippen molar-refractivity contribution in [1.29, 1.82) is 0 Å². The zero-order valence-electron chi connectivity index (χ0n) is 71.8. The van der Waals surface area contributed by atoms with Gasteiger partial charge in [0.1, 0.15) is 62.8 Å². The Labute approximate surface area is 731 Å². The smallest absolute Gasteiger partial charge is 0.407 e. The number of cyclic esters (lactones) is 2. The van der Waals surface area contributed by atoms with Gasteiger partial charge in [-0.1, -0.05) is 65.8 Å². The Morgan fingerprint density at radius 2 is 0.992 bits per heavy atom. The minimum Gasteiger partial charge on any atom is -0.458 e. The fraction of sp³-hybridized carbons (Fsp3) is 0.432. The summed E-state index contributed by atoms with van der Waals surface area (Å²) in [4.78, 5) is 171. The lowest BCUT2D eigenvalue weighted by atomic mass is 9.81. The molecule has 0 fully saturated rings. The minimum atomic E-state index is -4.65. The number of amides is 8.